The molecule has 1 unspecified atom stereocenters. The minimum atomic E-state index is -0.392. The summed E-state index contributed by atoms with van der Waals surface area (Å²) < 4.78 is 0. The van der Waals surface area contributed by atoms with Crippen molar-refractivity contribution in [2.75, 3.05) is 13.1 Å². The number of carbonyl (C=O) groups is 1. The van der Waals surface area contributed by atoms with Crippen LogP contribution in [0.2, 0.25) is 0 Å². The van der Waals surface area contributed by atoms with Crippen LogP contribution in [0.4, 0.5) is 4.79 Å². The number of amides is 2. The summed E-state index contributed by atoms with van der Waals surface area (Å²) in [4.78, 5) is 16.2. The summed E-state index contributed by atoms with van der Waals surface area (Å²) in [6, 6.07) is 7.96. The first-order valence-electron chi connectivity index (χ1n) is 7.50. The summed E-state index contributed by atoms with van der Waals surface area (Å²) in [5, 5.41) is 17.3. The van der Waals surface area contributed by atoms with Gasteiger partial charge in [0.05, 0.1) is 12.6 Å². The first-order chi connectivity index (χ1) is 10.7. The van der Waals surface area contributed by atoms with Crippen molar-refractivity contribution in [1.29, 1.82) is 0 Å². The van der Waals surface area contributed by atoms with Crippen molar-refractivity contribution in [3.05, 3.63) is 44.8 Å². The Labute approximate surface area is 138 Å². The second-order valence-corrected chi connectivity index (χ2v) is 7.53. The fourth-order valence-electron chi connectivity index (χ4n) is 2.80. The molecule has 2 N–H and O–H groups in total. The van der Waals surface area contributed by atoms with Crippen molar-refractivity contribution >= 4 is 28.7 Å². The van der Waals surface area contributed by atoms with E-state index in [-0.39, 0.29) is 11.9 Å². The number of aliphatic hydroxyl groups is 1. The molecule has 0 aromatic carbocycles. The zero-order chi connectivity index (χ0) is 15.4. The largest absolute Gasteiger partial charge is 0.387 e. The second kappa shape index (κ2) is 7.26. The van der Waals surface area contributed by atoms with Crippen LogP contribution in [0.3, 0.4) is 0 Å². The molecule has 0 radical (unpaired) electrons. The van der Waals surface area contributed by atoms with Gasteiger partial charge in [0.2, 0.25) is 0 Å². The minimum Gasteiger partial charge on any atom is -0.387 e. The van der Waals surface area contributed by atoms with E-state index in [1.807, 2.05) is 39.9 Å². The number of hydrogen-bond acceptors (Lipinski definition) is 4. The zero-order valence-corrected chi connectivity index (χ0v) is 13.9. The third kappa shape index (κ3) is 3.69. The number of nitrogens with one attached hydrogen (secondary N) is 1. The van der Waals surface area contributed by atoms with Gasteiger partial charge < -0.3 is 15.3 Å². The number of nitrogens with zero attached hydrogens (tertiary/aromatic N) is 1. The van der Waals surface area contributed by atoms with E-state index in [1.54, 1.807) is 22.7 Å². The average Bonchev–Trinajstić information content (AvgIpc) is 3.25. The molecule has 0 spiro atoms. The van der Waals surface area contributed by atoms with Crippen LogP contribution in [-0.2, 0) is 6.54 Å². The Hall–Kier alpha value is -1.37. The summed E-state index contributed by atoms with van der Waals surface area (Å²) in [6.45, 7) is 2.01. The molecule has 0 aliphatic carbocycles. The number of piperidine rings is 1. The lowest BCUT2D eigenvalue weighted by Gasteiger charge is -2.34. The molecule has 1 fully saturated rings. The van der Waals surface area contributed by atoms with E-state index in [9.17, 15) is 9.90 Å². The summed E-state index contributed by atoms with van der Waals surface area (Å²) >= 11 is 3.25. The van der Waals surface area contributed by atoms with Crippen LogP contribution >= 0.6 is 22.7 Å². The van der Waals surface area contributed by atoms with Crippen LogP contribution in [0.25, 0.3) is 0 Å². The first-order valence-corrected chi connectivity index (χ1v) is 9.26. The second-order valence-electron chi connectivity index (χ2n) is 5.52. The Morgan fingerprint density at radius 3 is 2.64 bits per heavy atom. The third-order valence-corrected chi connectivity index (χ3v) is 5.92. The quantitative estimate of drug-likeness (QED) is 0.898. The van der Waals surface area contributed by atoms with Gasteiger partial charge in [-0.05, 0) is 41.7 Å². The van der Waals surface area contributed by atoms with Gasteiger partial charge in [0.15, 0.2) is 0 Å². The Balaban J connectivity index is 1.46. The number of rotatable bonds is 4. The van der Waals surface area contributed by atoms with Gasteiger partial charge in [-0.3, -0.25) is 0 Å². The van der Waals surface area contributed by atoms with Crippen molar-refractivity contribution in [3.8, 4) is 0 Å². The lowest BCUT2D eigenvalue weighted by molar-refractivity contribution is 0.0689. The molecule has 1 aliphatic rings. The van der Waals surface area contributed by atoms with Crippen LogP contribution in [-0.4, -0.2) is 29.1 Å². The maximum absolute atomic E-state index is 12.2. The highest BCUT2D eigenvalue weighted by atomic mass is 32.1. The summed E-state index contributed by atoms with van der Waals surface area (Å²) in [6.07, 6.45) is 1.31. The van der Waals surface area contributed by atoms with Gasteiger partial charge in [0.1, 0.15) is 0 Å². The van der Waals surface area contributed by atoms with E-state index < -0.39 is 6.10 Å². The maximum atomic E-state index is 12.2. The molecule has 22 heavy (non-hydrogen) atoms. The molecule has 2 aromatic rings. The normalized spacial score (nSPS) is 17.4. The number of aliphatic hydroxyl groups excluding tert-OH is 1. The summed E-state index contributed by atoms with van der Waals surface area (Å²) in [7, 11) is 0. The third-order valence-electron chi connectivity index (χ3n) is 4.10. The van der Waals surface area contributed by atoms with Crippen LogP contribution in [0, 0.1) is 5.92 Å². The molecule has 1 saturated heterocycles. The van der Waals surface area contributed by atoms with Crippen LogP contribution in [0.5, 0.6) is 0 Å². The Morgan fingerprint density at radius 2 is 2.00 bits per heavy atom. The number of hydrogen-bond donors (Lipinski definition) is 2. The standard InChI is InChI=1S/C16H20N2O2S2/c19-15(14-4-2-10-22-14)12-5-7-18(8-6-12)16(20)17-11-13-3-1-9-21-13/h1-4,9-10,12,15,19H,5-8,11H2,(H,17,20). The fourth-order valence-corrected chi connectivity index (χ4v) is 4.25. The lowest BCUT2D eigenvalue weighted by Crippen LogP contribution is -2.44. The van der Waals surface area contributed by atoms with E-state index in [1.165, 1.54) is 0 Å². The van der Waals surface area contributed by atoms with Gasteiger partial charge in [0, 0.05) is 22.8 Å². The molecule has 2 aromatic heterocycles. The Kier molecular flexibility index (Phi) is 5.12. The van der Waals surface area contributed by atoms with Crippen LogP contribution < -0.4 is 5.32 Å². The molecular weight excluding hydrogens is 316 g/mol. The van der Waals surface area contributed by atoms with E-state index in [0.29, 0.717) is 19.6 Å². The predicted octanol–water partition coefficient (Wildman–Crippen LogP) is 3.46. The van der Waals surface area contributed by atoms with Crippen molar-refractivity contribution in [1.82, 2.24) is 10.2 Å². The van der Waals surface area contributed by atoms with Gasteiger partial charge in [-0.1, -0.05) is 12.1 Å². The molecule has 2 amide bonds. The average molecular weight is 336 g/mol. The van der Waals surface area contributed by atoms with E-state index >= 15 is 0 Å². The van der Waals surface area contributed by atoms with Crippen molar-refractivity contribution in [3.63, 3.8) is 0 Å². The molecule has 0 saturated carbocycles. The first kappa shape index (κ1) is 15.5. The minimum absolute atomic E-state index is 0.00235. The monoisotopic (exact) mass is 336 g/mol. The zero-order valence-electron chi connectivity index (χ0n) is 12.3. The Morgan fingerprint density at radius 1 is 1.27 bits per heavy atom. The highest BCUT2D eigenvalue weighted by molar-refractivity contribution is 7.10. The number of urea groups is 1. The van der Waals surface area contributed by atoms with Crippen molar-refractivity contribution < 1.29 is 9.90 Å². The van der Waals surface area contributed by atoms with Gasteiger partial charge in [-0.25, -0.2) is 4.79 Å². The number of likely N-dealkylation sites (tertiary alicyclic amines) is 1. The van der Waals surface area contributed by atoms with E-state index in [0.717, 1.165) is 22.6 Å². The fraction of sp³-hybridized carbons (Fsp3) is 0.438. The predicted molar refractivity (Wildman–Crippen MR) is 90.1 cm³/mol. The van der Waals surface area contributed by atoms with Gasteiger partial charge in [0.25, 0.3) is 0 Å². The molecule has 1 atom stereocenters. The molecule has 1 aliphatic heterocycles. The summed E-state index contributed by atoms with van der Waals surface area (Å²) in [5.74, 6) is 0.250. The van der Waals surface area contributed by atoms with Crippen LogP contribution in [0.15, 0.2) is 35.0 Å². The van der Waals surface area contributed by atoms with Gasteiger partial charge >= 0.3 is 6.03 Å². The maximum Gasteiger partial charge on any atom is 0.317 e. The molecule has 118 valence electrons. The molecule has 0 bridgehead atoms. The Bertz CT molecular complexity index is 575. The molecule has 6 heteroatoms. The molecular formula is C16H20N2O2S2. The lowest BCUT2D eigenvalue weighted by atomic mass is 9.90. The molecule has 4 nitrogen and oxygen atoms in total. The number of thiophene rings is 2. The van der Waals surface area contributed by atoms with Gasteiger partial charge in [-0.2, -0.15) is 0 Å². The van der Waals surface area contributed by atoms with Gasteiger partial charge in [-0.15, -0.1) is 22.7 Å². The highest BCUT2D eigenvalue weighted by Gasteiger charge is 2.28. The van der Waals surface area contributed by atoms with E-state index in [4.69, 9.17) is 0 Å². The van der Waals surface area contributed by atoms with Crippen molar-refractivity contribution in [2.45, 2.75) is 25.5 Å². The summed E-state index contributed by atoms with van der Waals surface area (Å²) in [5.41, 5.74) is 0. The van der Waals surface area contributed by atoms with Crippen LogP contribution in [0.1, 0.15) is 28.7 Å². The topological polar surface area (TPSA) is 52.6 Å². The number of carbonyl (C=O) groups excluding carboxylic acids is 1. The van der Waals surface area contributed by atoms with E-state index in [2.05, 4.69) is 5.32 Å². The SMILES string of the molecule is O=C(NCc1cccs1)N1CCC(C(O)c2cccs2)CC1. The van der Waals surface area contributed by atoms with Crippen molar-refractivity contribution in [2.24, 2.45) is 5.92 Å². The molecule has 3 rings (SSSR count). The smallest absolute Gasteiger partial charge is 0.317 e. The highest BCUT2D eigenvalue weighted by Crippen LogP contribution is 2.32. The molecule has 3 heterocycles.